The average Bonchev–Trinajstić information content (AvgIpc) is 2.87. The number of nitrogens with one attached hydrogen (secondary N) is 1. The highest BCUT2D eigenvalue weighted by molar-refractivity contribution is 5.15. The van der Waals surface area contributed by atoms with E-state index in [1.807, 2.05) is 29.5 Å². The van der Waals surface area contributed by atoms with E-state index in [2.05, 4.69) is 41.6 Å². The fraction of sp³-hybridized carbons (Fsp3) is 0.538. The molecule has 0 aliphatic rings. The van der Waals surface area contributed by atoms with Crippen LogP contribution in [0.1, 0.15) is 36.8 Å². The van der Waals surface area contributed by atoms with E-state index in [4.69, 9.17) is 0 Å². The summed E-state index contributed by atoms with van der Waals surface area (Å²) in [4.78, 5) is 0. The van der Waals surface area contributed by atoms with Gasteiger partial charge in [-0.1, -0.05) is 0 Å². The first-order valence-electron chi connectivity index (χ1n) is 6.30. The Balaban J connectivity index is 1.86. The number of hydrogen-bond acceptors (Lipinski definition) is 3. The zero-order valence-electron chi connectivity index (χ0n) is 11.5. The number of hydrogen-bond donors (Lipinski definition) is 1. The van der Waals surface area contributed by atoms with E-state index in [0.717, 1.165) is 24.5 Å². The van der Waals surface area contributed by atoms with Crippen molar-refractivity contribution in [1.82, 2.24) is 24.9 Å². The van der Waals surface area contributed by atoms with E-state index in [-0.39, 0.29) is 0 Å². The fourth-order valence-electron chi connectivity index (χ4n) is 1.91. The average molecular weight is 247 g/mol. The quantitative estimate of drug-likeness (QED) is 0.876. The Morgan fingerprint density at radius 2 is 2.06 bits per heavy atom. The molecular formula is C13H21N5. The first-order chi connectivity index (χ1) is 8.56. The van der Waals surface area contributed by atoms with Gasteiger partial charge in [-0.3, -0.25) is 9.36 Å². The maximum absolute atomic E-state index is 4.50. The van der Waals surface area contributed by atoms with Crippen molar-refractivity contribution in [2.75, 3.05) is 0 Å². The van der Waals surface area contributed by atoms with Gasteiger partial charge in [-0.2, -0.15) is 10.2 Å². The molecule has 0 atom stereocenters. The molecule has 2 rings (SSSR count). The van der Waals surface area contributed by atoms with Crippen molar-refractivity contribution in [1.29, 1.82) is 0 Å². The van der Waals surface area contributed by atoms with E-state index in [1.165, 1.54) is 5.56 Å². The SMILES string of the molecule is Cc1nn(C)cc1CNCc1ccn(C(C)C)n1. The van der Waals surface area contributed by atoms with Crippen molar-refractivity contribution >= 4 is 0 Å². The van der Waals surface area contributed by atoms with Crippen LogP contribution in [0, 0.1) is 6.92 Å². The predicted octanol–water partition coefficient (Wildman–Crippen LogP) is 1.80. The van der Waals surface area contributed by atoms with Gasteiger partial charge >= 0.3 is 0 Å². The Labute approximate surface area is 108 Å². The topological polar surface area (TPSA) is 47.7 Å². The summed E-state index contributed by atoms with van der Waals surface area (Å²) in [6.07, 6.45) is 4.08. The zero-order valence-corrected chi connectivity index (χ0v) is 11.5. The van der Waals surface area contributed by atoms with Gasteiger partial charge in [-0.05, 0) is 26.8 Å². The van der Waals surface area contributed by atoms with E-state index >= 15 is 0 Å². The molecule has 0 spiro atoms. The van der Waals surface area contributed by atoms with Crippen molar-refractivity contribution < 1.29 is 0 Å². The Morgan fingerprint density at radius 1 is 1.28 bits per heavy atom. The molecule has 0 saturated carbocycles. The number of nitrogens with zero attached hydrogens (tertiary/aromatic N) is 4. The van der Waals surface area contributed by atoms with Gasteiger partial charge in [0.1, 0.15) is 0 Å². The molecule has 0 bridgehead atoms. The summed E-state index contributed by atoms with van der Waals surface area (Å²) in [6, 6.07) is 2.47. The second-order valence-corrected chi connectivity index (χ2v) is 4.90. The van der Waals surface area contributed by atoms with Crippen LogP contribution in [0.5, 0.6) is 0 Å². The lowest BCUT2D eigenvalue weighted by molar-refractivity contribution is 0.521. The Kier molecular flexibility index (Phi) is 3.81. The van der Waals surface area contributed by atoms with E-state index in [0.29, 0.717) is 6.04 Å². The lowest BCUT2D eigenvalue weighted by Crippen LogP contribution is -2.14. The van der Waals surface area contributed by atoms with Crippen molar-refractivity contribution in [2.24, 2.45) is 7.05 Å². The first-order valence-corrected chi connectivity index (χ1v) is 6.30. The number of rotatable bonds is 5. The second kappa shape index (κ2) is 5.35. The highest BCUT2D eigenvalue weighted by atomic mass is 15.3. The lowest BCUT2D eigenvalue weighted by Gasteiger charge is -2.04. The molecule has 0 fully saturated rings. The standard InChI is InChI=1S/C13H21N5/c1-10(2)18-6-5-13(16-18)8-14-7-12-9-17(4)15-11(12)3/h5-6,9-10,14H,7-8H2,1-4H3. The molecule has 0 unspecified atom stereocenters. The summed E-state index contributed by atoms with van der Waals surface area (Å²) < 4.78 is 3.83. The van der Waals surface area contributed by atoms with Crippen LogP contribution in [0.2, 0.25) is 0 Å². The second-order valence-electron chi connectivity index (χ2n) is 4.90. The largest absolute Gasteiger partial charge is 0.307 e. The molecule has 18 heavy (non-hydrogen) atoms. The van der Waals surface area contributed by atoms with E-state index in [9.17, 15) is 0 Å². The van der Waals surface area contributed by atoms with Crippen LogP contribution >= 0.6 is 0 Å². The first kappa shape index (κ1) is 12.8. The predicted molar refractivity (Wildman–Crippen MR) is 71.1 cm³/mol. The summed E-state index contributed by atoms with van der Waals surface area (Å²) in [5, 5.41) is 12.2. The van der Waals surface area contributed by atoms with Crippen LogP contribution in [-0.4, -0.2) is 19.6 Å². The molecular weight excluding hydrogens is 226 g/mol. The molecule has 5 nitrogen and oxygen atoms in total. The van der Waals surface area contributed by atoms with Gasteiger partial charge < -0.3 is 5.32 Å². The number of aromatic nitrogens is 4. The van der Waals surface area contributed by atoms with E-state index < -0.39 is 0 Å². The molecule has 2 aromatic rings. The van der Waals surface area contributed by atoms with Crippen molar-refractivity contribution in [2.45, 2.75) is 39.9 Å². The van der Waals surface area contributed by atoms with Gasteiger partial charge in [-0.25, -0.2) is 0 Å². The molecule has 0 aromatic carbocycles. The maximum atomic E-state index is 4.50. The molecule has 0 amide bonds. The summed E-state index contributed by atoms with van der Waals surface area (Å²) in [5.41, 5.74) is 3.39. The lowest BCUT2D eigenvalue weighted by atomic mass is 10.2. The highest BCUT2D eigenvalue weighted by Crippen LogP contribution is 2.06. The fourth-order valence-corrected chi connectivity index (χ4v) is 1.91. The third-order valence-corrected chi connectivity index (χ3v) is 2.93. The Morgan fingerprint density at radius 3 is 2.61 bits per heavy atom. The molecule has 2 heterocycles. The minimum atomic E-state index is 0.416. The van der Waals surface area contributed by atoms with Gasteiger partial charge in [-0.15, -0.1) is 0 Å². The zero-order chi connectivity index (χ0) is 13.1. The normalized spacial score (nSPS) is 11.4. The van der Waals surface area contributed by atoms with Crippen molar-refractivity contribution in [3.8, 4) is 0 Å². The van der Waals surface area contributed by atoms with E-state index in [1.54, 1.807) is 0 Å². The van der Waals surface area contributed by atoms with Gasteiger partial charge in [0.15, 0.2) is 0 Å². The van der Waals surface area contributed by atoms with Crippen LogP contribution < -0.4 is 5.32 Å². The molecule has 98 valence electrons. The minimum absolute atomic E-state index is 0.416. The molecule has 0 saturated heterocycles. The molecule has 1 N–H and O–H groups in total. The molecule has 0 aliphatic heterocycles. The summed E-state index contributed by atoms with van der Waals surface area (Å²) >= 11 is 0. The van der Waals surface area contributed by atoms with Gasteiger partial charge in [0.25, 0.3) is 0 Å². The summed E-state index contributed by atoms with van der Waals surface area (Å²) in [6.45, 7) is 7.90. The monoisotopic (exact) mass is 247 g/mol. The summed E-state index contributed by atoms with van der Waals surface area (Å²) in [5.74, 6) is 0. The van der Waals surface area contributed by atoms with Crippen molar-refractivity contribution in [3.63, 3.8) is 0 Å². The van der Waals surface area contributed by atoms with Gasteiger partial charge in [0.2, 0.25) is 0 Å². The number of aryl methyl sites for hydroxylation is 2. The highest BCUT2D eigenvalue weighted by Gasteiger charge is 2.04. The van der Waals surface area contributed by atoms with Gasteiger partial charge in [0.05, 0.1) is 11.4 Å². The van der Waals surface area contributed by atoms with Crippen LogP contribution in [0.4, 0.5) is 0 Å². The maximum Gasteiger partial charge on any atom is 0.0762 e. The molecule has 5 heteroatoms. The van der Waals surface area contributed by atoms with Crippen molar-refractivity contribution in [3.05, 3.63) is 35.4 Å². The van der Waals surface area contributed by atoms with Gasteiger partial charge in [0, 0.05) is 44.1 Å². The molecule has 2 aromatic heterocycles. The smallest absolute Gasteiger partial charge is 0.0762 e. The summed E-state index contributed by atoms with van der Waals surface area (Å²) in [7, 11) is 1.95. The third kappa shape index (κ3) is 2.98. The molecule has 0 radical (unpaired) electrons. The Hall–Kier alpha value is -1.62. The molecule has 0 aliphatic carbocycles. The third-order valence-electron chi connectivity index (χ3n) is 2.93. The van der Waals surface area contributed by atoms with Crippen LogP contribution in [0.3, 0.4) is 0 Å². The van der Waals surface area contributed by atoms with Crippen LogP contribution in [-0.2, 0) is 20.1 Å². The Bertz CT molecular complexity index is 509. The van der Waals surface area contributed by atoms with Crippen LogP contribution in [0.25, 0.3) is 0 Å². The minimum Gasteiger partial charge on any atom is -0.307 e. The van der Waals surface area contributed by atoms with Crippen LogP contribution in [0.15, 0.2) is 18.5 Å².